The summed E-state index contributed by atoms with van der Waals surface area (Å²) in [6.07, 6.45) is 0.308. The Bertz CT molecular complexity index is 743. The average molecular weight is 351 g/mol. The van der Waals surface area contributed by atoms with Gasteiger partial charge in [-0.05, 0) is 51.8 Å². The molecule has 0 aliphatic carbocycles. The van der Waals surface area contributed by atoms with Gasteiger partial charge in [0.2, 0.25) is 5.91 Å². The molecule has 0 saturated carbocycles. The number of anilines is 1. The van der Waals surface area contributed by atoms with Crippen molar-refractivity contribution in [2.75, 3.05) is 5.32 Å². The summed E-state index contributed by atoms with van der Waals surface area (Å²) in [7, 11) is 0. The van der Waals surface area contributed by atoms with Gasteiger partial charge in [-0.15, -0.1) is 0 Å². The van der Waals surface area contributed by atoms with E-state index in [-0.39, 0.29) is 11.7 Å². The van der Waals surface area contributed by atoms with E-state index in [2.05, 4.69) is 21.2 Å². The molecule has 3 rings (SSSR count). The molecule has 1 aliphatic rings. The Balaban J connectivity index is 2.02. The highest BCUT2D eigenvalue weighted by molar-refractivity contribution is 9.10. The first-order valence-electron chi connectivity index (χ1n) is 5.98. The second-order valence-corrected chi connectivity index (χ2v) is 5.76. The zero-order chi connectivity index (χ0) is 14.3. The number of nitrogens with one attached hydrogen (secondary N) is 1. The molecule has 0 bridgehead atoms. The van der Waals surface area contributed by atoms with Gasteiger partial charge in [-0.2, -0.15) is 0 Å². The second-order valence-electron chi connectivity index (χ2n) is 4.53. The molecule has 1 heterocycles. The van der Waals surface area contributed by atoms with E-state index in [0.29, 0.717) is 27.0 Å². The fourth-order valence-electron chi connectivity index (χ4n) is 2.21. The third-order valence-corrected chi connectivity index (χ3v) is 4.49. The zero-order valence-electron chi connectivity index (χ0n) is 10.2. The van der Waals surface area contributed by atoms with Gasteiger partial charge in [-0.3, -0.25) is 9.59 Å². The first-order valence-corrected chi connectivity index (χ1v) is 7.15. The maximum atomic E-state index is 12.5. The summed E-state index contributed by atoms with van der Waals surface area (Å²) >= 11 is 9.45. The zero-order valence-corrected chi connectivity index (χ0v) is 12.6. The molecule has 0 saturated heterocycles. The van der Waals surface area contributed by atoms with Crippen LogP contribution in [0.3, 0.4) is 0 Å². The molecule has 0 unspecified atom stereocenters. The van der Waals surface area contributed by atoms with Crippen molar-refractivity contribution in [1.29, 1.82) is 0 Å². The molecule has 20 heavy (non-hydrogen) atoms. The summed E-state index contributed by atoms with van der Waals surface area (Å²) < 4.78 is 0.683. The standard InChI is InChI=1S/C15H9BrClNO2/c16-11-3-1-2-10(14(11)17)15(20)8-4-5-12-9(6-8)7-13(19)18-12/h1-6H,7H2,(H,18,19). The Morgan fingerprint density at radius 1 is 1.25 bits per heavy atom. The highest BCUT2D eigenvalue weighted by Gasteiger charge is 2.20. The van der Waals surface area contributed by atoms with Gasteiger partial charge in [-0.1, -0.05) is 17.7 Å². The van der Waals surface area contributed by atoms with Crippen LogP contribution in [-0.2, 0) is 11.2 Å². The fraction of sp³-hybridized carbons (Fsp3) is 0.0667. The van der Waals surface area contributed by atoms with Crippen LogP contribution in [0.5, 0.6) is 0 Å². The van der Waals surface area contributed by atoms with Crippen molar-refractivity contribution in [3.05, 3.63) is 62.6 Å². The van der Waals surface area contributed by atoms with Crippen molar-refractivity contribution in [2.45, 2.75) is 6.42 Å². The maximum absolute atomic E-state index is 12.5. The Labute approximate surface area is 129 Å². The van der Waals surface area contributed by atoms with E-state index in [4.69, 9.17) is 11.6 Å². The lowest BCUT2D eigenvalue weighted by molar-refractivity contribution is -0.115. The SMILES string of the molecule is O=C1Cc2cc(C(=O)c3cccc(Br)c3Cl)ccc2N1. The lowest BCUT2D eigenvalue weighted by Crippen LogP contribution is -2.03. The Morgan fingerprint density at radius 2 is 2.05 bits per heavy atom. The largest absolute Gasteiger partial charge is 0.326 e. The van der Waals surface area contributed by atoms with Crippen molar-refractivity contribution in [3.63, 3.8) is 0 Å². The summed E-state index contributed by atoms with van der Waals surface area (Å²) in [5.41, 5.74) is 2.58. The molecular formula is C15H9BrClNO2. The predicted octanol–water partition coefficient (Wildman–Crippen LogP) is 3.83. The number of carbonyl (C=O) groups excluding carboxylic acids is 2. The molecular weight excluding hydrogens is 342 g/mol. The van der Waals surface area contributed by atoms with Crippen LogP contribution < -0.4 is 5.32 Å². The Kier molecular flexibility index (Phi) is 3.36. The summed E-state index contributed by atoms with van der Waals surface area (Å²) in [5.74, 6) is -0.205. The minimum absolute atomic E-state index is 0.0508. The molecule has 0 fully saturated rings. The van der Waals surface area contributed by atoms with Crippen LogP contribution in [0.15, 0.2) is 40.9 Å². The smallest absolute Gasteiger partial charge is 0.228 e. The third-order valence-electron chi connectivity index (χ3n) is 3.19. The topological polar surface area (TPSA) is 46.2 Å². The van der Waals surface area contributed by atoms with E-state index in [9.17, 15) is 9.59 Å². The maximum Gasteiger partial charge on any atom is 0.228 e. The van der Waals surface area contributed by atoms with Crippen LogP contribution in [0.1, 0.15) is 21.5 Å². The lowest BCUT2D eigenvalue weighted by atomic mass is 10.0. The molecule has 2 aromatic rings. The summed E-state index contributed by atoms with van der Waals surface area (Å²) in [6, 6.07) is 10.4. The third kappa shape index (κ3) is 2.25. The Morgan fingerprint density at radius 3 is 2.85 bits per heavy atom. The monoisotopic (exact) mass is 349 g/mol. The van der Waals surface area contributed by atoms with E-state index in [0.717, 1.165) is 11.3 Å². The first-order chi connectivity index (χ1) is 9.56. The minimum atomic E-state index is -0.154. The number of halogens is 2. The summed E-state index contributed by atoms with van der Waals surface area (Å²) in [6.45, 7) is 0. The van der Waals surface area contributed by atoms with Crippen LogP contribution in [0.4, 0.5) is 5.69 Å². The molecule has 0 spiro atoms. The summed E-state index contributed by atoms with van der Waals surface area (Å²) in [4.78, 5) is 23.8. The van der Waals surface area contributed by atoms with E-state index in [1.165, 1.54) is 0 Å². The molecule has 100 valence electrons. The van der Waals surface area contributed by atoms with Crippen LogP contribution in [0, 0.1) is 0 Å². The number of rotatable bonds is 2. The Hall–Kier alpha value is -1.65. The predicted molar refractivity (Wildman–Crippen MR) is 81.4 cm³/mol. The van der Waals surface area contributed by atoms with Crippen LogP contribution in [-0.4, -0.2) is 11.7 Å². The van der Waals surface area contributed by atoms with Gasteiger partial charge in [0.25, 0.3) is 0 Å². The molecule has 2 aromatic carbocycles. The minimum Gasteiger partial charge on any atom is -0.326 e. The molecule has 0 atom stereocenters. The molecule has 0 aromatic heterocycles. The number of fused-ring (bicyclic) bond motifs is 1. The van der Waals surface area contributed by atoms with Gasteiger partial charge in [0.05, 0.1) is 11.4 Å². The van der Waals surface area contributed by atoms with E-state index in [1.54, 1.807) is 36.4 Å². The van der Waals surface area contributed by atoms with Gasteiger partial charge in [0.1, 0.15) is 0 Å². The second kappa shape index (κ2) is 5.04. The summed E-state index contributed by atoms with van der Waals surface area (Å²) in [5, 5.41) is 3.14. The number of hydrogen-bond donors (Lipinski definition) is 1. The molecule has 1 aliphatic heterocycles. The van der Waals surface area contributed by atoms with Gasteiger partial charge < -0.3 is 5.32 Å². The number of hydrogen-bond acceptors (Lipinski definition) is 2. The van der Waals surface area contributed by atoms with Crippen molar-refractivity contribution >= 4 is 44.9 Å². The molecule has 3 nitrogen and oxygen atoms in total. The van der Waals surface area contributed by atoms with E-state index >= 15 is 0 Å². The molecule has 0 radical (unpaired) electrons. The highest BCUT2D eigenvalue weighted by Crippen LogP contribution is 2.29. The molecule has 5 heteroatoms. The van der Waals surface area contributed by atoms with Gasteiger partial charge >= 0.3 is 0 Å². The van der Waals surface area contributed by atoms with Crippen molar-refractivity contribution in [1.82, 2.24) is 0 Å². The van der Waals surface area contributed by atoms with Gasteiger partial charge in [0, 0.05) is 21.3 Å². The molecule has 1 N–H and O–H groups in total. The average Bonchev–Trinajstić information content (AvgIpc) is 2.80. The first kappa shape index (κ1) is 13.3. The lowest BCUT2D eigenvalue weighted by Gasteiger charge is -2.06. The van der Waals surface area contributed by atoms with Crippen molar-refractivity contribution in [2.24, 2.45) is 0 Å². The van der Waals surface area contributed by atoms with Crippen molar-refractivity contribution in [3.8, 4) is 0 Å². The normalized spacial score (nSPS) is 13.0. The quantitative estimate of drug-likeness (QED) is 0.837. The van der Waals surface area contributed by atoms with E-state index < -0.39 is 0 Å². The van der Waals surface area contributed by atoms with Crippen LogP contribution in [0.25, 0.3) is 0 Å². The van der Waals surface area contributed by atoms with Gasteiger partial charge in [-0.25, -0.2) is 0 Å². The number of benzene rings is 2. The number of amides is 1. The van der Waals surface area contributed by atoms with Gasteiger partial charge in [0.15, 0.2) is 5.78 Å². The van der Waals surface area contributed by atoms with Crippen LogP contribution >= 0.6 is 27.5 Å². The highest BCUT2D eigenvalue weighted by atomic mass is 79.9. The van der Waals surface area contributed by atoms with Crippen LogP contribution in [0.2, 0.25) is 5.02 Å². The number of ketones is 1. The van der Waals surface area contributed by atoms with E-state index in [1.807, 2.05) is 0 Å². The van der Waals surface area contributed by atoms with Crippen molar-refractivity contribution < 1.29 is 9.59 Å². The molecule has 1 amide bonds. The fourth-order valence-corrected chi connectivity index (χ4v) is 2.78. The number of carbonyl (C=O) groups is 2.